The number of fused-ring (bicyclic) bond motifs is 1. The Hall–Kier alpha value is -3.66. The lowest BCUT2D eigenvalue weighted by Gasteiger charge is -2.12. The first-order valence-electron chi connectivity index (χ1n) is 8.13. The summed E-state index contributed by atoms with van der Waals surface area (Å²) in [6.45, 7) is 0. The van der Waals surface area contributed by atoms with Gasteiger partial charge in [-0.1, -0.05) is 6.07 Å². The maximum Gasteiger partial charge on any atom is 0.333 e. The second-order valence-electron chi connectivity index (χ2n) is 5.72. The molecule has 0 aliphatic rings. The third-order valence-corrected chi connectivity index (χ3v) is 4.99. The van der Waals surface area contributed by atoms with E-state index in [0.29, 0.717) is 22.1 Å². The van der Waals surface area contributed by atoms with Crippen molar-refractivity contribution in [2.24, 2.45) is 5.73 Å². The van der Waals surface area contributed by atoms with Crippen molar-refractivity contribution in [1.82, 2.24) is 19.5 Å². The quantitative estimate of drug-likeness (QED) is 0.530. The molecular weight excluding hydrogens is 382 g/mol. The van der Waals surface area contributed by atoms with E-state index in [-0.39, 0.29) is 22.7 Å². The number of H-pyrrole nitrogens is 1. The Balaban J connectivity index is 2.08. The summed E-state index contributed by atoms with van der Waals surface area (Å²) in [5.41, 5.74) is 5.91. The molecule has 28 heavy (non-hydrogen) atoms. The smallest absolute Gasteiger partial charge is 0.333 e. The minimum Gasteiger partial charge on any atom is -0.493 e. The standard InChI is InChI=1S/C18H15N5O4S/c1-26-10-6-3-5-9(14(10)27-2)16-20-12(15(19)24)13-17(22-16)23(18(25)21-13)11-7-4-8-28-11/h3-8H,1-2H3,(H2,19,24)(H,21,25). The normalized spacial score (nSPS) is 10.9. The number of hydrogen-bond donors (Lipinski definition) is 2. The molecule has 0 fully saturated rings. The van der Waals surface area contributed by atoms with Crippen LogP contribution < -0.4 is 20.9 Å². The van der Waals surface area contributed by atoms with Crippen LogP contribution >= 0.6 is 11.3 Å². The van der Waals surface area contributed by atoms with Gasteiger partial charge in [-0.2, -0.15) is 0 Å². The highest BCUT2D eigenvalue weighted by atomic mass is 32.1. The molecule has 3 N–H and O–H groups in total. The molecule has 10 heteroatoms. The molecule has 0 spiro atoms. The highest BCUT2D eigenvalue weighted by molar-refractivity contribution is 7.12. The lowest BCUT2D eigenvalue weighted by Crippen LogP contribution is -2.15. The van der Waals surface area contributed by atoms with Crippen molar-refractivity contribution < 1.29 is 14.3 Å². The van der Waals surface area contributed by atoms with E-state index in [1.54, 1.807) is 24.3 Å². The van der Waals surface area contributed by atoms with E-state index in [0.717, 1.165) is 0 Å². The predicted octanol–water partition coefficient (Wildman–Crippen LogP) is 1.95. The Labute approximate surface area is 162 Å². The monoisotopic (exact) mass is 397 g/mol. The summed E-state index contributed by atoms with van der Waals surface area (Å²) in [6, 6.07) is 8.80. The number of primary amides is 1. The predicted molar refractivity (Wildman–Crippen MR) is 104 cm³/mol. The van der Waals surface area contributed by atoms with Crippen LogP contribution in [0.25, 0.3) is 27.6 Å². The number of carbonyl (C=O) groups is 1. The maximum atomic E-state index is 12.5. The zero-order valence-electron chi connectivity index (χ0n) is 14.9. The molecule has 0 unspecified atom stereocenters. The van der Waals surface area contributed by atoms with Crippen LogP contribution in [0.5, 0.6) is 11.5 Å². The molecule has 9 nitrogen and oxygen atoms in total. The first-order chi connectivity index (χ1) is 13.5. The van der Waals surface area contributed by atoms with Crippen molar-refractivity contribution in [3.05, 3.63) is 51.9 Å². The van der Waals surface area contributed by atoms with Gasteiger partial charge in [0.15, 0.2) is 28.7 Å². The number of aromatic amines is 1. The Bertz CT molecular complexity index is 1240. The molecule has 0 aliphatic carbocycles. The van der Waals surface area contributed by atoms with Crippen LogP contribution in [0.15, 0.2) is 40.5 Å². The summed E-state index contributed by atoms with van der Waals surface area (Å²) >= 11 is 1.36. The van der Waals surface area contributed by atoms with Gasteiger partial charge in [-0.3, -0.25) is 4.79 Å². The minimum atomic E-state index is -0.782. The van der Waals surface area contributed by atoms with Crippen LogP contribution in [0.3, 0.4) is 0 Å². The van der Waals surface area contributed by atoms with Crippen LogP contribution in [0.2, 0.25) is 0 Å². The zero-order valence-corrected chi connectivity index (χ0v) is 15.7. The molecule has 3 aromatic heterocycles. The fraction of sp³-hybridized carbons (Fsp3) is 0.111. The molecule has 1 aromatic carbocycles. The highest BCUT2D eigenvalue weighted by Gasteiger charge is 2.22. The van der Waals surface area contributed by atoms with E-state index in [9.17, 15) is 9.59 Å². The largest absolute Gasteiger partial charge is 0.493 e. The third-order valence-electron chi connectivity index (χ3n) is 4.14. The number of nitrogens with two attached hydrogens (primary N) is 1. The number of ether oxygens (including phenoxy) is 2. The van der Waals surface area contributed by atoms with Crippen LogP contribution in [-0.4, -0.2) is 39.6 Å². The van der Waals surface area contributed by atoms with E-state index in [2.05, 4.69) is 15.0 Å². The third kappa shape index (κ3) is 2.70. The van der Waals surface area contributed by atoms with Crippen LogP contribution in [-0.2, 0) is 0 Å². The van der Waals surface area contributed by atoms with Gasteiger partial charge < -0.3 is 20.2 Å². The van der Waals surface area contributed by atoms with Gasteiger partial charge in [0.1, 0.15) is 10.5 Å². The number of rotatable bonds is 5. The van der Waals surface area contributed by atoms with Crippen molar-refractivity contribution in [1.29, 1.82) is 0 Å². The van der Waals surface area contributed by atoms with Gasteiger partial charge in [-0.25, -0.2) is 19.3 Å². The van der Waals surface area contributed by atoms with Crippen molar-refractivity contribution in [3.8, 4) is 27.9 Å². The number of aromatic nitrogens is 4. The average molecular weight is 397 g/mol. The molecule has 4 aromatic rings. The minimum absolute atomic E-state index is 0.0859. The number of amides is 1. The van der Waals surface area contributed by atoms with Gasteiger partial charge >= 0.3 is 5.69 Å². The number of para-hydroxylation sites is 1. The summed E-state index contributed by atoms with van der Waals surface area (Å²) in [7, 11) is 3.01. The van der Waals surface area contributed by atoms with Crippen molar-refractivity contribution in [2.75, 3.05) is 14.2 Å². The number of hydrogen-bond acceptors (Lipinski definition) is 7. The maximum absolute atomic E-state index is 12.5. The summed E-state index contributed by atoms with van der Waals surface area (Å²) in [4.78, 5) is 36.0. The van der Waals surface area contributed by atoms with E-state index in [1.807, 2.05) is 11.4 Å². The summed E-state index contributed by atoms with van der Waals surface area (Å²) in [5.74, 6) is 0.283. The molecule has 0 bridgehead atoms. The number of benzene rings is 1. The molecular formula is C18H15N5O4S. The fourth-order valence-electron chi connectivity index (χ4n) is 2.95. The van der Waals surface area contributed by atoms with Gasteiger partial charge in [-0.05, 0) is 29.6 Å². The molecule has 0 saturated carbocycles. The van der Waals surface area contributed by atoms with Crippen molar-refractivity contribution >= 4 is 28.4 Å². The second kappa shape index (κ2) is 6.82. The van der Waals surface area contributed by atoms with Gasteiger partial charge in [-0.15, -0.1) is 11.3 Å². The van der Waals surface area contributed by atoms with Crippen LogP contribution in [0.4, 0.5) is 0 Å². The number of methoxy groups -OCH3 is 2. The van der Waals surface area contributed by atoms with Gasteiger partial charge in [0.05, 0.1) is 19.8 Å². The Morgan fingerprint density at radius 1 is 1.18 bits per heavy atom. The number of imidazole rings is 1. The zero-order chi connectivity index (χ0) is 19.8. The Kier molecular flexibility index (Phi) is 4.32. The summed E-state index contributed by atoms with van der Waals surface area (Å²) in [5, 5.41) is 2.48. The lowest BCUT2D eigenvalue weighted by molar-refractivity contribution is 0.0997. The number of carbonyl (C=O) groups excluding carboxylic acids is 1. The first kappa shape index (κ1) is 17.7. The molecule has 4 rings (SSSR count). The van der Waals surface area contributed by atoms with Crippen LogP contribution in [0.1, 0.15) is 10.5 Å². The van der Waals surface area contributed by atoms with E-state index in [1.165, 1.54) is 30.1 Å². The van der Waals surface area contributed by atoms with E-state index in [4.69, 9.17) is 15.2 Å². The molecule has 0 saturated heterocycles. The molecule has 142 valence electrons. The fourth-order valence-corrected chi connectivity index (χ4v) is 3.68. The van der Waals surface area contributed by atoms with Crippen molar-refractivity contribution in [2.45, 2.75) is 0 Å². The number of nitrogens with one attached hydrogen (secondary N) is 1. The molecule has 1 amide bonds. The number of nitrogens with zero attached hydrogens (tertiary/aromatic N) is 3. The van der Waals surface area contributed by atoms with Gasteiger partial charge in [0, 0.05) is 0 Å². The van der Waals surface area contributed by atoms with E-state index >= 15 is 0 Å². The second-order valence-corrected chi connectivity index (χ2v) is 6.64. The molecule has 0 radical (unpaired) electrons. The van der Waals surface area contributed by atoms with Gasteiger partial charge in [0.25, 0.3) is 5.91 Å². The van der Waals surface area contributed by atoms with E-state index < -0.39 is 11.6 Å². The molecule has 0 atom stereocenters. The summed E-state index contributed by atoms with van der Waals surface area (Å²) < 4.78 is 12.1. The topological polar surface area (TPSA) is 125 Å². The highest BCUT2D eigenvalue weighted by Crippen LogP contribution is 2.37. The average Bonchev–Trinajstić information content (AvgIpc) is 3.32. The SMILES string of the molecule is COc1cccc(-c2nc(C(N)=O)c3[nH]c(=O)n(-c4cccs4)c3n2)c1OC. The Morgan fingerprint density at radius 3 is 2.64 bits per heavy atom. The number of thiophene rings is 1. The lowest BCUT2D eigenvalue weighted by atomic mass is 10.1. The first-order valence-corrected chi connectivity index (χ1v) is 9.01. The van der Waals surface area contributed by atoms with Gasteiger partial charge in [0.2, 0.25) is 0 Å². The van der Waals surface area contributed by atoms with Crippen molar-refractivity contribution in [3.63, 3.8) is 0 Å². The van der Waals surface area contributed by atoms with Crippen LogP contribution in [0, 0.1) is 0 Å². The molecule has 0 aliphatic heterocycles. The summed E-state index contributed by atoms with van der Waals surface area (Å²) in [6.07, 6.45) is 0. The Morgan fingerprint density at radius 2 is 2.00 bits per heavy atom. The molecule has 3 heterocycles.